The smallest absolute Gasteiger partial charge is 0.338 e. The van der Waals surface area contributed by atoms with Crippen molar-refractivity contribution in [2.75, 3.05) is 20.2 Å². The van der Waals surface area contributed by atoms with Gasteiger partial charge in [0.15, 0.2) is 0 Å². The fourth-order valence-electron chi connectivity index (χ4n) is 2.74. The molecule has 1 saturated heterocycles. The SMILES string of the molecule is COC(=O)c1cc(O)cc(C(=O)N2CCC([C@H](C)O)CC2)c1. The minimum Gasteiger partial charge on any atom is -0.508 e. The van der Waals surface area contributed by atoms with Crippen LogP contribution in [0.15, 0.2) is 18.2 Å². The summed E-state index contributed by atoms with van der Waals surface area (Å²) in [4.78, 5) is 25.7. The summed E-state index contributed by atoms with van der Waals surface area (Å²) < 4.78 is 4.61. The van der Waals surface area contributed by atoms with Gasteiger partial charge in [-0.3, -0.25) is 4.79 Å². The van der Waals surface area contributed by atoms with Gasteiger partial charge in [0, 0.05) is 18.7 Å². The van der Waals surface area contributed by atoms with E-state index in [2.05, 4.69) is 4.74 Å². The van der Waals surface area contributed by atoms with E-state index in [-0.39, 0.29) is 34.8 Å². The number of carbonyl (C=O) groups excluding carboxylic acids is 2. The number of esters is 1. The topological polar surface area (TPSA) is 87.1 Å². The number of hydrogen-bond donors (Lipinski definition) is 2. The van der Waals surface area contributed by atoms with Crippen LogP contribution in [0.25, 0.3) is 0 Å². The van der Waals surface area contributed by atoms with Crippen molar-refractivity contribution in [1.29, 1.82) is 0 Å². The van der Waals surface area contributed by atoms with Gasteiger partial charge in [0.1, 0.15) is 5.75 Å². The van der Waals surface area contributed by atoms with E-state index in [0.717, 1.165) is 12.8 Å². The second-order valence-electron chi connectivity index (χ2n) is 5.63. The first-order chi connectivity index (χ1) is 10.4. The van der Waals surface area contributed by atoms with E-state index >= 15 is 0 Å². The van der Waals surface area contributed by atoms with Crippen LogP contribution in [0.2, 0.25) is 0 Å². The van der Waals surface area contributed by atoms with E-state index < -0.39 is 5.97 Å². The Morgan fingerprint density at radius 3 is 2.36 bits per heavy atom. The van der Waals surface area contributed by atoms with E-state index in [9.17, 15) is 19.8 Å². The summed E-state index contributed by atoms with van der Waals surface area (Å²) in [7, 11) is 1.24. The van der Waals surface area contributed by atoms with E-state index in [1.165, 1.54) is 25.3 Å². The first-order valence-electron chi connectivity index (χ1n) is 7.32. The molecule has 0 bridgehead atoms. The molecule has 0 radical (unpaired) electrons. The minimum atomic E-state index is -0.599. The molecule has 2 rings (SSSR count). The van der Waals surface area contributed by atoms with Gasteiger partial charge < -0.3 is 19.8 Å². The number of aliphatic hydroxyl groups excluding tert-OH is 1. The lowest BCUT2D eigenvalue weighted by atomic mass is 9.92. The molecule has 0 unspecified atom stereocenters. The third kappa shape index (κ3) is 3.57. The molecule has 120 valence electrons. The Morgan fingerprint density at radius 2 is 1.82 bits per heavy atom. The van der Waals surface area contributed by atoms with Gasteiger partial charge >= 0.3 is 5.97 Å². The number of likely N-dealkylation sites (tertiary alicyclic amines) is 1. The highest BCUT2D eigenvalue weighted by atomic mass is 16.5. The Hall–Kier alpha value is -2.08. The van der Waals surface area contributed by atoms with Crippen molar-refractivity contribution in [3.63, 3.8) is 0 Å². The number of methoxy groups -OCH3 is 1. The van der Waals surface area contributed by atoms with Gasteiger partial charge in [0.25, 0.3) is 5.91 Å². The number of amides is 1. The number of hydrogen-bond acceptors (Lipinski definition) is 5. The molecular formula is C16H21NO5. The molecule has 1 heterocycles. The van der Waals surface area contributed by atoms with Gasteiger partial charge in [-0.1, -0.05) is 0 Å². The number of nitrogens with zero attached hydrogens (tertiary/aromatic N) is 1. The lowest BCUT2D eigenvalue weighted by Gasteiger charge is -2.33. The summed E-state index contributed by atoms with van der Waals surface area (Å²) in [5.74, 6) is -0.771. The number of phenolic OH excluding ortho intramolecular Hbond substituents is 1. The van der Waals surface area contributed by atoms with E-state index in [1.54, 1.807) is 11.8 Å². The van der Waals surface area contributed by atoms with Crippen molar-refractivity contribution < 1.29 is 24.5 Å². The van der Waals surface area contributed by atoms with Crippen LogP contribution in [0.1, 0.15) is 40.5 Å². The molecule has 1 aliphatic heterocycles. The highest BCUT2D eigenvalue weighted by molar-refractivity contribution is 5.98. The second-order valence-corrected chi connectivity index (χ2v) is 5.63. The number of aromatic hydroxyl groups is 1. The molecular weight excluding hydrogens is 286 g/mol. The molecule has 0 saturated carbocycles. The molecule has 1 atom stereocenters. The molecule has 22 heavy (non-hydrogen) atoms. The molecule has 6 nitrogen and oxygen atoms in total. The van der Waals surface area contributed by atoms with Crippen molar-refractivity contribution in [3.8, 4) is 5.75 Å². The Kier molecular flexibility index (Phi) is 5.03. The van der Waals surface area contributed by atoms with Gasteiger partial charge in [-0.05, 0) is 43.9 Å². The minimum absolute atomic E-state index is 0.143. The maximum atomic E-state index is 12.5. The predicted octanol–water partition coefficient (Wildman–Crippen LogP) is 1.41. The zero-order chi connectivity index (χ0) is 16.3. The number of ether oxygens (including phenoxy) is 1. The largest absolute Gasteiger partial charge is 0.508 e. The molecule has 6 heteroatoms. The molecule has 0 aliphatic carbocycles. The summed E-state index contributed by atoms with van der Waals surface area (Å²) in [6.07, 6.45) is 1.11. The van der Waals surface area contributed by atoms with Gasteiger partial charge in [-0.2, -0.15) is 0 Å². The number of carbonyl (C=O) groups is 2. The average molecular weight is 307 g/mol. The number of rotatable bonds is 3. The highest BCUT2D eigenvalue weighted by Gasteiger charge is 2.26. The van der Waals surface area contributed by atoms with Crippen LogP contribution in [-0.4, -0.2) is 53.3 Å². The van der Waals surface area contributed by atoms with Crippen LogP contribution in [0, 0.1) is 5.92 Å². The molecule has 1 amide bonds. The molecule has 2 N–H and O–H groups in total. The number of phenols is 1. The predicted molar refractivity (Wildman–Crippen MR) is 79.8 cm³/mol. The summed E-state index contributed by atoms with van der Waals surface area (Å²) in [5, 5.41) is 19.3. The third-order valence-corrected chi connectivity index (χ3v) is 4.09. The zero-order valence-electron chi connectivity index (χ0n) is 12.8. The molecule has 1 aromatic rings. The molecule has 0 spiro atoms. The first kappa shape index (κ1) is 16.3. The zero-order valence-corrected chi connectivity index (χ0v) is 12.8. The summed E-state index contributed by atoms with van der Waals surface area (Å²) in [5.41, 5.74) is 0.403. The maximum Gasteiger partial charge on any atom is 0.338 e. The Bertz CT molecular complexity index is 562. The molecule has 1 fully saturated rings. The lowest BCUT2D eigenvalue weighted by molar-refractivity contribution is 0.0521. The highest BCUT2D eigenvalue weighted by Crippen LogP contribution is 2.23. The van der Waals surface area contributed by atoms with Crippen LogP contribution >= 0.6 is 0 Å². The van der Waals surface area contributed by atoms with Gasteiger partial charge in [-0.15, -0.1) is 0 Å². The second kappa shape index (κ2) is 6.79. The standard InChI is InChI=1S/C16H21NO5/c1-10(18)11-3-5-17(6-4-11)15(20)12-7-13(16(21)22-2)9-14(19)8-12/h7-11,18-19H,3-6H2,1-2H3/t10-/m0/s1. The van der Waals surface area contributed by atoms with Crippen molar-refractivity contribution in [1.82, 2.24) is 4.90 Å². The maximum absolute atomic E-state index is 12.5. The Labute approximate surface area is 129 Å². The van der Waals surface area contributed by atoms with Gasteiger partial charge in [-0.25, -0.2) is 4.79 Å². The summed E-state index contributed by atoms with van der Waals surface area (Å²) >= 11 is 0. The normalized spacial score (nSPS) is 17.1. The third-order valence-electron chi connectivity index (χ3n) is 4.09. The van der Waals surface area contributed by atoms with Crippen LogP contribution in [0.4, 0.5) is 0 Å². The van der Waals surface area contributed by atoms with Crippen molar-refractivity contribution in [2.45, 2.75) is 25.9 Å². The monoisotopic (exact) mass is 307 g/mol. The summed E-state index contributed by atoms with van der Waals surface area (Å²) in [6.45, 7) is 2.87. The van der Waals surface area contributed by atoms with Crippen molar-refractivity contribution in [2.24, 2.45) is 5.92 Å². The number of benzene rings is 1. The van der Waals surface area contributed by atoms with E-state index in [1.807, 2.05) is 0 Å². The lowest BCUT2D eigenvalue weighted by Crippen LogP contribution is -2.40. The molecule has 0 aromatic heterocycles. The fourth-order valence-corrected chi connectivity index (χ4v) is 2.74. The number of piperidine rings is 1. The van der Waals surface area contributed by atoms with Gasteiger partial charge in [0.05, 0.1) is 18.8 Å². The quantitative estimate of drug-likeness (QED) is 0.825. The van der Waals surface area contributed by atoms with E-state index in [4.69, 9.17) is 0 Å². The van der Waals surface area contributed by atoms with Gasteiger partial charge in [0.2, 0.25) is 0 Å². The van der Waals surface area contributed by atoms with Crippen LogP contribution in [-0.2, 0) is 4.74 Å². The molecule has 1 aliphatic rings. The summed E-state index contributed by atoms with van der Waals surface area (Å²) in [6, 6.07) is 4.03. The van der Waals surface area contributed by atoms with Crippen LogP contribution in [0.5, 0.6) is 5.75 Å². The first-order valence-corrected chi connectivity index (χ1v) is 7.32. The van der Waals surface area contributed by atoms with Crippen LogP contribution < -0.4 is 0 Å². The number of aliphatic hydroxyl groups is 1. The average Bonchev–Trinajstić information content (AvgIpc) is 2.52. The Balaban J connectivity index is 2.13. The Morgan fingerprint density at radius 1 is 1.23 bits per heavy atom. The van der Waals surface area contributed by atoms with E-state index in [0.29, 0.717) is 13.1 Å². The fraction of sp³-hybridized carbons (Fsp3) is 0.500. The molecule has 1 aromatic carbocycles. The van der Waals surface area contributed by atoms with Crippen molar-refractivity contribution >= 4 is 11.9 Å². The van der Waals surface area contributed by atoms with Crippen LogP contribution in [0.3, 0.4) is 0 Å². The van der Waals surface area contributed by atoms with Crippen molar-refractivity contribution in [3.05, 3.63) is 29.3 Å².